The number of carbonyl (C=O) groups excluding carboxylic acids is 2. The van der Waals surface area contributed by atoms with Crippen LogP contribution in [0.2, 0.25) is 0 Å². The highest BCUT2D eigenvalue weighted by Crippen LogP contribution is 2.40. The molecule has 0 bridgehead atoms. The van der Waals surface area contributed by atoms with Crippen molar-refractivity contribution in [2.24, 2.45) is 0 Å². The summed E-state index contributed by atoms with van der Waals surface area (Å²) >= 11 is 1.13. The second-order valence-electron chi connectivity index (χ2n) is 10.1. The van der Waals surface area contributed by atoms with E-state index in [9.17, 15) is 9.59 Å². The fourth-order valence-electron chi connectivity index (χ4n) is 5.12. The van der Waals surface area contributed by atoms with Crippen LogP contribution in [0.5, 0.6) is 5.75 Å². The van der Waals surface area contributed by atoms with Crippen LogP contribution in [0.1, 0.15) is 31.3 Å². The topological polar surface area (TPSA) is 110 Å². The number of nitrogen functional groups attached to an aromatic ring is 1. The molecule has 6 rings (SSSR count). The van der Waals surface area contributed by atoms with Gasteiger partial charge < -0.3 is 25.5 Å². The Morgan fingerprint density at radius 1 is 1.05 bits per heavy atom. The van der Waals surface area contributed by atoms with Gasteiger partial charge in [0.05, 0.1) is 30.4 Å². The van der Waals surface area contributed by atoms with Crippen LogP contribution in [0.4, 0.5) is 24.5 Å². The summed E-state index contributed by atoms with van der Waals surface area (Å²) in [5.41, 5.74) is 6.77. The van der Waals surface area contributed by atoms with Gasteiger partial charge in [-0.2, -0.15) is 0 Å². The minimum Gasteiger partial charge on any atom is -0.488 e. The van der Waals surface area contributed by atoms with E-state index in [0.717, 1.165) is 17.0 Å². The van der Waals surface area contributed by atoms with Crippen molar-refractivity contribution >= 4 is 44.8 Å². The molecular formula is C29H26F3N5O4S. The second-order valence-corrected chi connectivity index (χ2v) is 11.1. The number of fused-ring (bicyclic) bond motifs is 2. The average molecular weight is 598 g/mol. The van der Waals surface area contributed by atoms with E-state index in [1.54, 1.807) is 42.5 Å². The Kier molecular flexibility index (Phi) is 7.37. The summed E-state index contributed by atoms with van der Waals surface area (Å²) in [6.45, 7) is 2.15. The summed E-state index contributed by atoms with van der Waals surface area (Å²) in [7, 11) is 0. The number of aromatic nitrogens is 1. The van der Waals surface area contributed by atoms with Crippen molar-refractivity contribution in [2.75, 3.05) is 43.4 Å². The number of halogens is 3. The number of ether oxygens (including phenoxy) is 1. The molecule has 0 radical (unpaired) electrons. The predicted octanol–water partition coefficient (Wildman–Crippen LogP) is 4.23. The molecular weight excluding hydrogens is 571 g/mol. The molecule has 4 aromatic rings. The molecule has 1 amide bonds. The van der Waals surface area contributed by atoms with Crippen molar-refractivity contribution in [1.29, 1.82) is 0 Å². The first kappa shape index (κ1) is 27.8. The van der Waals surface area contributed by atoms with Gasteiger partial charge in [-0.25, -0.2) is 22.9 Å². The molecule has 1 saturated heterocycles. The van der Waals surface area contributed by atoms with Gasteiger partial charge >= 0.3 is 5.97 Å². The summed E-state index contributed by atoms with van der Waals surface area (Å²) < 4.78 is 51.8. The first-order valence-electron chi connectivity index (χ1n) is 13.3. The molecule has 1 fully saturated rings. The Bertz CT molecular complexity index is 1690. The number of aryl methyl sites for hydroxylation is 1. The SMILES string of the molecule is Cc1ccc2c(N)c(C(=O)N[C@H]3COc4c(F)c(N5CCN(OC(=O)c6ccccc6)CC5)c(F)c(F)c4C3)sc2n1. The lowest BCUT2D eigenvalue weighted by Crippen LogP contribution is -2.48. The highest BCUT2D eigenvalue weighted by molar-refractivity contribution is 7.21. The lowest BCUT2D eigenvalue weighted by molar-refractivity contribution is -0.112. The molecule has 2 aromatic heterocycles. The van der Waals surface area contributed by atoms with E-state index >= 15 is 13.2 Å². The van der Waals surface area contributed by atoms with Crippen LogP contribution in [0.25, 0.3) is 10.2 Å². The maximum atomic E-state index is 15.6. The average Bonchev–Trinajstić information content (AvgIpc) is 3.32. The molecule has 3 N–H and O–H groups in total. The highest BCUT2D eigenvalue weighted by Gasteiger charge is 2.35. The molecule has 218 valence electrons. The van der Waals surface area contributed by atoms with Crippen LogP contribution in [0.15, 0.2) is 42.5 Å². The number of hydroxylamine groups is 2. The van der Waals surface area contributed by atoms with Crippen LogP contribution < -0.4 is 20.7 Å². The normalized spacial score (nSPS) is 17.0. The summed E-state index contributed by atoms with van der Waals surface area (Å²) in [6, 6.07) is 11.3. The van der Waals surface area contributed by atoms with Crippen molar-refractivity contribution in [2.45, 2.75) is 19.4 Å². The van der Waals surface area contributed by atoms with E-state index in [2.05, 4.69) is 10.3 Å². The van der Waals surface area contributed by atoms with Gasteiger partial charge in [0.25, 0.3) is 5.91 Å². The minimum atomic E-state index is -1.34. The number of amides is 1. The van der Waals surface area contributed by atoms with Gasteiger partial charge in [0.15, 0.2) is 23.2 Å². The van der Waals surface area contributed by atoms with Crippen molar-refractivity contribution in [3.63, 3.8) is 0 Å². The van der Waals surface area contributed by atoms with Gasteiger partial charge in [-0.1, -0.05) is 18.2 Å². The van der Waals surface area contributed by atoms with Crippen LogP contribution in [0.3, 0.4) is 0 Å². The van der Waals surface area contributed by atoms with Crippen LogP contribution in [-0.2, 0) is 11.3 Å². The number of nitrogens with zero attached hydrogens (tertiary/aromatic N) is 3. The minimum absolute atomic E-state index is 0.0811. The zero-order valence-electron chi connectivity index (χ0n) is 22.5. The molecule has 1 atom stereocenters. The maximum Gasteiger partial charge on any atom is 0.357 e. The second kappa shape index (κ2) is 11.1. The Labute approximate surface area is 242 Å². The third kappa shape index (κ3) is 5.09. The van der Waals surface area contributed by atoms with E-state index in [0.29, 0.717) is 15.8 Å². The fraction of sp³-hybridized carbons (Fsp3) is 0.276. The number of carbonyl (C=O) groups is 2. The predicted molar refractivity (Wildman–Crippen MR) is 151 cm³/mol. The molecule has 9 nitrogen and oxygen atoms in total. The molecule has 2 aliphatic heterocycles. The van der Waals surface area contributed by atoms with Crippen molar-refractivity contribution in [3.05, 3.63) is 81.6 Å². The molecule has 0 unspecified atom stereocenters. The molecule has 42 heavy (non-hydrogen) atoms. The largest absolute Gasteiger partial charge is 0.488 e. The lowest BCUT2D eigenvalue weighted by Gasteiger charge is -2.36. The Hall–Kier alpha value is -4.36. The number of piperazine rings is 1. The van der Waals surface area contributed by atoms with Crippen LogP contribution in [0, 0.1) is 24.4 Å². The Balaban J connectivity index is 1.14. The number of pyridine rings is 1. The Morgan fingerprint density at radius 3 is 2.52 bits per heavy atom. The number of hydrogen-bond acceptors (Lipinski definition) is 9. The molecule has 0 spiro atoms. The first-order valence-corrected chi connectivity index (χ1v) is 14.1. The highest BCUT2D eigenvalue weighted by atomic mass is 32.1. The molecule has 0 aliphatic carbocycles. The number of benzene rings is 2. The molecule has 2 aromatic carbocycles. The van der Waals surface area contributed by atoms with E-state index in [-0.39, 0.29) is 61.1 Å². The van der Waals surface area contributed by atoms with E-state index in [1.807, 2.05) is 6.92 Å². The fourth-order valence-corrected chi connectivity index (χ4v) is 6.16. The number of thiophene rings is 1. The molecule has 4 heterocycles. The van der Waals surface area contributed by atoms with E-state index < -0.39 is 41.1 Å². The van der Waals surface area contributed by atoms with E-state index in [1.165, 1.54) is 9.96 Å². The maximum absolute atomic E-state index is 15.6. The molecule has 0 saturated carbocycles. The Morgan fingerprint density at radius 2 is 1.79 bits per heavy atom. The quantitative estimate of drug-likeness (QED) is 0.329. The zero-order valence-corrected chi connectivity index (χ0v) is 23.3. The van der Waals surface area contributed by atoms with Gasteiger partial charge in [-0.15, -0.1) is 16.4 Å². The van der Waals surface area contributed by atoms with Gasteiger partial charge in [0.2, 0.25) is 0 Å². The smallest absolute Gasteiger partial charge is 0.357 e. The van der Waals surface area contributed by atoms with Crippen LogP contribution >= 0.6 is 11.3 Å². The third-order valence-electron chi connectivity index (χ3n) is 7.28. The number of anilines is 2. The lowest BCUT2D eigenvalue weighted by atomic mass is 9.99. The number of nitrogens with one attached hydrogen (secondary N) is 1. The van der Waals surface area contributed by atoms with Gasteiger partial charge in [-0.05, 0) is 31.2 Å². The number of nitrogens with two attached hydrogens (primary N) is 1. The van der Waals surface area contributed by atoms with Gasteiger partial charge in [-0.3, -0.25) is 4.79 Å². The van der Waals surface area contributed by atoms with Gasteiger partial charge in [0, 0.05) is 36.2 Å². The van der Waals surface area contributed by atoms with E-state index in [4.69, 9.17) is 15.3 Å². The van der Waals surface area contributed by atoms with Crippen molar-refractivity contribution in [1.82, 2.24) is 15.4 Å². The standard InChI is InChI=1S/C29H26F3N5O4S/c1-15-7-8-18-23(33)26(42-28(18)34-15)27(38)35-17-13-19-20(30)21(31)24(22(32)25(19)40-14-17)36-9-11-37(12-10-36)41-29(39)16-5-3-2-4-6-16/h2-8,17H,9-14,33H2,1H3,(H,35,38)/t17-/m1/s1. The summed E-state index contributed by atoms with van der Waals surface area (Å²) in [5, 5.41) is 4.79. The van der Waals surface area contributed by atoms with Crippen molar-refractivity contribution < 1.29 is 32.3 Å². The molecule has 13 heteroatoms. The summed E-state index contributed by atoms with van der Waals surface area (Å²) in [4.78, 5) is 37.3. The summed E-state index contributed by atoms with van der Waals surface area (Å²) in [6.07, 6.45) is -0.174. The number of hydrogen-bond donors (Lipinski definition) is 2. The van der Waals surface area contributed by atoms with Gasteiger partial charge in [0.1, 0.15) is 22.0 Å². The third-order valence-corrected chi connectivity index (χ3v) is 8.39. The monoisotopic (exact) mass is 597 g/mol. The van der Waals surface area contributed by atoms with Crippen LogP contribution in [-0.4, -0.2) is 60.8 Å². The summed E-state index contributed by atoms with van der Waals surface area (Å²) in [5.74, 6) is -5.02. The molecule has 2 aliphatic rings. The zero-order chi connectivity index (χ0) is 29.5. The number of rotatable bonds is 5. The first-order chi connectivity index (χ1) is 20.2. The van der Waals surface area contributed by atoms with Crippen molar-refractivity contribution in [3.8, 4) is 5.75 Å².